The summed E-state index contributed by atoms with van der Waals surface area (Å²) in [6.45, 7) is 1.55. The summed E-state index contributed by atoms with van der Waals surface area (Å²) in [6, 6.07) is 9.60. The van der Waals surface area contributed by atoms with Crippen LogP contribution in [-0.4, -0.2) is 53.8 Å². The number of aromatic nitrogens is 2. The van der Waals surface area contributed by atoms with Gasteiger partial charge in [0.15, 0.2) is 0 Å². The van der Waals surface area contributed by atoms with Crippen molar-refractivity contribution in [3.05, 3.63) is 47.0 Å². The second-order valence-corrected chi connectivity index (χ2v) is 8.13. The number of nitrogens with zero attached hydrogens (tertiary/aromatic N) is 2. The van der Waals surface area contributed by atoms with Gasteiger partial charge >= 0.3 is 0 Å². The summed E-state index contributed by atoms with van der Waals surface area (Å²) in [7, 11) is 1.63. The van der Waals surface area contributed by atoms with Crippen molar-refractivity contribution in [2.75, 3.05) is 26.9 Å². The quantitative estimate of drug-likeness (QED) is 0.608. The number of ether oxygens (including phenoxy) is 3. The molecule has 2 aromatic heterocycles. The zero-order valence-electron chi connectivity index (χ0n) is 16.2. The molecule has 1 aliphatic rings. The lowest BCUT2D eigenvalue weighted by atomic mass is 10.2. The Labute approximate surface area is 172 Å². The van der Waals surface area contributed by atoms with Crippen LogP contribution >= 0.6 is 11.3 Å². The zero-order chi connectivity index (χ0) is 20.2. The summed E-state index contributed by atoms with van der Waals surface area (Å²) in [4.78, 5) is 18.2. The number of hydrogen-bond donors (Lipinski definition) is 1. The van der Waals surface area contributed by atoms with Crippen molar-refractivity contribution in [1.82, 2.24) is 9.55 Å². The van der Waals surface area contributed by atoms with Crippen molar-refractivity contribution in [3.63, 3.8) is 0 Å². The zero-order valence-corrected chi connectivity index (χ0v) is 17.1. The second-order valence-electron chi connectivity index (χ2n) is 7.08. The molecule has 29 heavy (non-hydrogen) atoms. The summed E-state index contributed by atoms with van der Waals surface area (Å²) in [5, 5.41) is 10.2. The van der Waals surface area contributed by atoms with Crippen LogP contribution in [0.2, 0.25) is 0 Å². The largest absolute Gasteiger partial charge is 0.497 e. The number of hydrogen-bond acceptors (Lipinski definition) is 7. The molecule has 1 aliphatic heterocycles. The molecule has 0 radical (unpaired) electrons. The molecule has 1 aromatic carbocycles. The first kappa shape index (κ1) is 20.0. The molecule has 1 fully saturated rings. The molecule has 0 unspecified atom stereocenters. The van der Waals surface area contributed by atoms with Gasteiger partial charge < -0.3 is 19.3 Å². The molecule has 0 spiro atoms. The molecule has 3 aromatic rings. The predicted molar refractivity (Wildman–Crippen MR) is 112 cm³/mol. The molecular weight excluding hydrogens is 392 g/mol. The smallest absolute Gasteiger partial charge is 0.271 e. The maximum absolute atomic E-state index is 12.8. The van der Waals surface area contributed by atoms with E-state index in [2.05, 4.69) is 4.98 Å². The highest BCUT2D eigenvalue weighted by Gasteiger charge is 2.17. The number of benzene rings is 1. The van der Waals surface area contributed by atoms with Crippen LogP contribution in [0.25, 0.3) is 20.7 Å². The van der Waals surface area contributed by atoms with E-state index in [1.807, 2.05) is 30.3 Å². The first-order valence-corrected chi connectivity index (χ1v) is 10.5. The Kier molecular flexibility index (Phi) is 6.25. The van der Waals surface area contributed by atoms with Gasteiger partial charge in [-0.3, -0.25) is 9.36 Å². The maximum Gasteiger partial charge on any atom is 0.271 e. The summed E-state index contributed by atoms with van der Waals surface area (Å²) in [5.41, 5.74) is 1.51. The number of fused-ring (bicyclic) bond motifs is 1. The van der Waals surface area contributed by atoms with E-state index in [1.165, 1.54) is 22.2 Å². The van der Waals surface area contributed by atoms with Crippen LogP contribution in [0.1, 0.15) is 12.8 Å². The Bertz CT molecular complexity index is 1010. The van der Waals surface area contributed by atoms with Crippen LogP contribution in [0.3, 0.4) is 0 Å². The van der Waals surface area contributed by atoms with E-state index in [-0.39, 0.29) is 24.8 Å². The first-order chi connectivity index (χ1) is 14.1. The Morgan fingerprint density at radius 1 is 1.38 bits per heavy atom. The topological polar surface area (TPSA) is 82.8 Å². The number of thiophene rings is 1. The van der Waals surface area contributed by atoms with Gasteiger partial charge in [-0.05, 0) is 48.7 Å². The van der Waals surface area contributed by atoms with Crippen LogP contribution < -0.4 is 10.3 Å². The fourth-order valence-corrected chi connectivity index (χ4v) is 4.43. The standard InChI is InChI=1S/C21H24N2O5S/c1-26-16-6-4-14(5-7-16)19-9-18-20(29-19)21(25)23(13-22-18)10-15(24)11-27-12-17-3-2-8-28-17/h4-7,9,13,15,17,24H,2-3,8,10-12H2,1H3/t15-,17-/m1/s1. The van der Waals surface area contributed by atoms with Crippen molar-refractivity contribution in [2.24, 2.45) is 0 Å². The molecule has 154 valence electrons. The molecule has 4 rings (SSSR count). The van der Waals surface area contributed by atoms with E-state index in [0.717, 1.165) is 35.6 Å². The Morgan fingerprint density at radius 2 is 2.21 bits per heavy atom. The molecule has 3 heterocycles. The summed E-state index contributed by atoms with van der Waals surface area (Å²) < 4.78 is 18.2. The minimum absolute atomic E-state index is 0.116. The third kappa shape index (κ3) is 4.67. The molecule has 0 aliphatic carbocycles. The minimum Gasteiger partial charge on any atom is -0.497 e. The Morgan fingerprint density at radius 3 is 2.93 bits per heavy atom. The normalized spacial score (nSPS) is 17.7. The highest BCUT2D eigenvalue weighted by molar-refractivity contribution is 7.22. The van der Waals surface area contributed by atoms with E-state index >= 15 is 0 Å². The van der Waals surface area contributed by atoms with E-state index in [9.17, 15) is 9.90 Å². The second kappa shape index (κ2) is 9.04. The summed E-state index contributed by atoms with van der Waals surface area (Å²) in [5.74, 6) is 0.783. The molecule has 0 amide bonds. The van der Waals surface area contributed by atoms with Crippen molar-refractivity contribution in [3.8, 4) is 16.2 Å². The number of aliphatic hydroxyl groups is 1. The molecule has 1 saturated heterocycles. The number of aliphatic hydroxyl groups excluding tert-OH is 1. The van der Waals surface area contributed by atoms with Crippen molar-refractivity contribution in [1.29, 1.82) is 0 Å². The third-order valence-electron chi connectivity index (χ3n) is 4.92. The van der Waals surface area contributed by atoms with Gasteiger partial charge in [0, 0.05) is 11.5 Å². The molecule has 2 atom stereocenters. The van der Waals surface area contributed by atoms with Gasteiger partial charge in [-0.15, -0.1) is 11.3 Å². The first-order valence-electron chi connectivity index (χ1n) is 9.65. The Hall–Kier alpha value is -2.26. The summed E-state index contributed by atoms with van der Waals surface area (Å²) in [6.07, 6.45) is 2.86. The molecule has 0 saturated carbocycles. The maximum atomic E-state index is 12.8. The molecule has 0 bridgehead atoms. The highest BCUT2D eigenvalue weighted by atomic mass is 32.1. The lowest BCUT2D eigenvalue weighted by molar-refractivity contribution is -0.0209. The summed E-state index contributed by atoms with van der Waals surface area (Å²) >= 11 is 1.40. The van der Waals surface area contributed by atoms with Crippen molar-refractivity contribution < 1.29 is 19.3 Å². The number of rotatable bonds is 8. The van der Waals surface area contributed by atoms with E-state index in [0.29, 0.717) is 16.8 Å². The van der Waals surface area contributed by atoms with Gasteiger partial charge in [0.2, 0.25) is 0 Å². The van der Waals surface area contributed by atoms with E-state index in [4.69, 9.17) is 14.2 Å². The fraction of sp³-hybridized carbons (Fsp3) is 0.429. The van der Waals surface area contributed by atoms with Crippen LogP contribution in [0.15, 0.2) is 41.5 Å². The number of methoxy groups -OCH3 is 1. The lowest BCUT2D eigenvalue weighted by Gasteiger charge is -2.14. The average Bonchev–Trinajstić information content (AvgIpc) is 3.40. The third-order valence-corrected chi connectivity index (χ3v) is 6.09. The SMILES string of the molecule is COc1ccc(-c2cc3ncn(C[C@@H](O)COC[C@H]4CCCO4)c(=O)c3s2)cc1. The van der Waals surface area contributed by atoms with Crippen LogP contribution in [0.4, 0.5) is 0 Å². The van der Waals surface area contributed by atoms with E-state index < -0.39 is 6.10 Å². The molecule has 1 N–H and O–H groups in total. The van der Waals surface area contributed by atoms with Crippen LogP contribution in [0.5, 0.6) is 5.75 Å². The highest BCUT2D eigenvalue weighted by Crippen LogP contribution is 2.31. The minimum atomic E-state index is -0.783. The monoisotopic (exact) mass is 416 g/mol. The van der Waals surface area contributed by atoms with Crippen molar-refractivity contribution in [2.45, 2.75) is 31.6 Å². The molecular formula is C21H24N2O5S. The predicted octanol–water partition coefficient (Wildman–Crippen LogP) is 2.69. The van der Waals surface area contributed by atoms with Gasteiger partial charge in [0.05, 0.1) is 50.9 Å². The lowest BCUT2D eigenvalue weighted by Crippen LogP contribution is -2.30. The molecule has 8 heteroatoms. The average molecular weight is 416 g/mol. The van der Waals surface area contributed by atoms with Gasteiger partial charge in [-0.1, -0.05) is 0 Å². The fourth-order valence-electron chi connectivity index (χ4n) is 3.36. The van der Waals surface area contributed by atoms with Gasteiger partial charge in [0.1, 0.15) is 10.4 Å². The molecule has 7 nitrogen and oxygen atoms in total. The van der Waals surface area contributed by atoms with Gasteiger partial charge in [0.25, 0.3) is 5.56 Å². The van der Waals surface area contributed by atoms with Crippen LogP contribution in [0, 0.1) is 0 Å². The van der Waals surface area contributed by atoms with Crippen molar-refractivity contribution >= 4 is 21.6 Å². The van der Waals surface area contributed by atoms with Crippen LogP contribution in [-0.2, 0) is 16.0 Å². The Balaban J connectivity index is 1.44. The van der Waals surface area contributed by atoms with Gasteiger partial charge in [-0.25, -0.2) is 4.98 Å². The van der Waals surface area contributed by atoms with Gasteiger partial charge in [-0.2, -0.15) is 0 Å². The van der Waals surface area contributed by atoms with E-state index in [1.54, 1.807) is 7.11 Å².